The summed E-state index contributed by atoms with van der Waals surface area (Å²) in [6.45, 7) is -0.127. The first-order valence-electron chi connectivity index (χ1n) is 11.0. The molecule has 2 N–H and O–H groups in total. The molecular formula is C25H24N4O5. The first-order chi connectivity index (χ1) is 16.3. The van der Waals surface area contributed by atoms with Crippen LogP contribution < -0.4 is 4.90 Å². The molecule has 34 heavy (non-hydrogen) atoms. The Morgan fingerprint density at radius 3 is 2.44 bits per heavy atom. The second-order valence-corrected chi connectivity index (χ2v) is 8.56. The molecule has 0 aromatic heterocycles. The zero-order valence-electron chi connectivity index (χ0n) is 18.5. The number of nitrogens with zero attached hydrogens (tertiary/aromatic N) is 4. The molecule has 0 aliphatic carbocycles. The van der Waals surface area contributed by atoms with E-state index in [0.29, 0.717) is 5.69 Å². The lowest BCUT2D eigenvalue weighted by Gasteiger charge is -2.53. The van der Waals surface area contributed by atoms with Crippen LogP contribution in [0.1, 0.15) is 5.56 Å². The number of hydrazine groups is 1. The zero-order valence-corrected chi connectivity index (χ0v) is 18.5. The molecule has 3 aromatic carbocycles. The molecular weight excluding hydrogens is 436 g/mol. The molecule has 2 heterocycles. The summed E-state index contributed by atoms with van der Waals surface area (Å²) < 4.78 is 0. The minimum Gasteiger partial charge on any atom is -0.508 e. The molecule has 9 heteroatoms. The van der Waals surface area contributed by atoms with Crippen molar-refractivity contribution in [1.29, 1.82) is 0 Å². The van der Waals surface area contributed by atoms with Gasteiger partial charge in [0.2, 0.25) is 11.8 Å². The number of piperazine rings is 1. The summed E-state index contributed by atoms with van der Waals surface area (Å²) >= 11 is 0. The van der Waals surface area contributed by atoms with Crippen molar-refractivity contribution in [3.8, 4) is 5.75 Å². The Morgan fingerprint density at radius 2 is 1.71 bits per heavy atom. The van der Waals surface area contributed by atoms with Crippen LogP contribution in [0.15, 0.2) is 66.7 Å². The van der Waals surface area contributed by atoms with E-state index in [9.17, 15) is 24.6 Å². The van der Waals surface area contributed by atoms with Crippen LogP contribution >= 0.6 is 0 Å². The number of benzene rings is 3. The van der Waals surface area contributed by atoms with Crippen molar-refractivity contribution in [2.75, 3.05) is 25.0 Å². The van der Waals surface area contributed by atoms with Gasteiger partial charge >= 0.3 is 6.09 Å². The molecule has 5 rings (SSSR count). The molecule has 0 saturated carbocycles. The van der Waals surface area contributed by atoms with Gasteiger partial charge in [-0.15, -0.1) is 0 Å². The maximum absolute atomic E-state index is 13.9. The largest absolute Gasteiger partial charge is 0.508 e. The Hall–Kier alpha value is -4.11. The SMILES string of the molecule is CN1CC(=O)N2C(Cc3ccc(O)cc3)C(=O)N(c3cccc4ccccc34)CC2N1C(=O)O. The van der Waals surface area contributed by atoms with Gasteiger partial charge in [-0.25, -0.2) is 14.8 Å². The van der Waals surface area contributed by atoms with Gasteiger partial charge in [0.1, 0.15) is 18.0 Å². The maximum Gasteiger partial charge on any atom is 0.424 e. The van der Waals surface area contributed by atoms with E-state index in [2.05, 4.69) is 0 Å². The highest BCUT2D eigenvalue weighted by Gasteiger charge is 2.51. The Bertz CT molecular complexity index is 1270. The molecule has 2 atom stereocenters. The quantitative estimate of drug-likeness (QED) is 0.622. The monoisotopic (exact) mass is 460 g/mol. The van der Waals surface area contributed by atoms with E-state index in [4.69, 9.17) is 0 Å². The normalized spacial score (nSPS) is 21.1. The molecule has 2 aliphatic rings. The summed E-state index contributed by atoms with van der Waals surface area (Å²) in [7, 11) is 1.55. The van der Waals surface area contributed by atoms with Gasteiger partial charge in [-0.1, -0.05) is 48.5 Å². The van der Waals surface area contributed by atoms with Crippen LogP contribution in [0.25, 0.3) is 10.8 Å². The fourth-order valence-electron chi connectivity index (χ4n) is 4.94. The van der Waals surface area contributed by atoms with Crippen molar-refractivity contribution in [2.24, 2.45) is 0 Å². The molecule has 2 saturated heterocycles. The predicted molar refractivity (Wildman–Crippen MR) is 125 cm³/mol. The number of fused-ring (bicyclic) bond motifs is 2. The highest BCUT2D eigenvalue weighted by atomic mass is 16.4. The molecule has 2 fully saturated rings. The molecule has 2 unspecified atom stereocenters. The van der Waals surface area contributed by atoms with Crippen LogP contribution in [-0.4, -0.2) is 75.4 Å². The van der Waals surface area contributed by atoms with Crippen molar-refractivity contribution >= 4 is 34.4 Å². The smallest absolute Gasteiger partial charge is 0.424 e. The van der Waals surface area contributed by atoms with Gasteiger partial charge in [-0.3, -0.25) is 9.59 Å². The Morgan fingerprint density at radius 1 is 1.00 bits per heavy atom. The molecule has 0 bridgehead atoms. The van der Waals surface area contributed by atoms with E-state index >= 15 is 0 Å². The summed E-state index contributed by atoms with van der Waals surface area (Å²) in [4.78, 5) is 42.2. The molecule has 9 nitrogen and oxygen atoms in total. The highest BCUT2D eigenvalue weighted by Crippen LogP contribution is 2.34. The van der Waals surface area contributed by atoms with Crippen molar-refractivity contribution in [3.05, 3.63) is 72.3 Å². The fourth-order valence-corrected chi connectivity index (χ4v) is 4.94. The first kappa shape index (κ1) is 21.7. The van der Waals surface area contributed by atoms with Crippen molar-refractivity contribution in [3.63, 3.8) is 0 Å². The lowest BCUT2D eigenvalue weighted by Crippen LogP contribution is -2.75. The van der Waals surface area contributed by atoms with Crippen LogP contribution in [0, 0.1) is 0 Å². The number of carboxylic acid groups (broad SMARTS) is 1. The summed E-state index contributed by atoms with van der Waals surface area (Å²) in [6, 6.07) is 18.9. The Kier molecular flexibility index (Phi) is 5.33. The number of anilines is 1. The first-order valence-corrected chi connectivity index (χ1v) is 11.0. The molecule has 3 amide bonds. The van der Waals surface area contributed by atoms with Gasteiger partial charge in [0.05, 0.1) is 18.8 Å². The lowest BCUT2D eigenvalue weighted by atomic mass is 9.97. The number of phenolic OH excluding ortho intramolecular Hbond substituents is 1. The number of carbonyl (C=O) groups excluding carboxylic acids is 2. The van der Waals surface area contributed by atoms with Gasteiger partial charge in [-0.2, -0.15) is 0 Å². The fraction of sp³-hybridized carbons (Fsp3) is 0.240. The average molecular weight is 460 g/mol. The number of phenols is 1. The second-order valence-electron chi connectivity index (χ2n) is 8.56. The van der Waals surface area contributed by atoms with Crippen molar-refractivity contribution in [2.45, 2.75) is 18.6 Å². The van der Waals surface area contributed by atoms with Crippen LogP contribution in [0.2, 0.25) is 0 Å². The molecule has 3 aromatic rings. The average Bonchev–Trinajstić information content (AvgIpc) is 2.81. The van der Waals surface area contributed by atoms with Gasteiger partial charge in [-0.05, 0) is 29.1 Å². The Balaban J connectivity index is 1.62. The van der Waals surface area contributed by atoms with E-state index < -0.39 is 18.3 Å². The molecule has 0 radical (unpaired) electrons. The number of aromatic hydroxyl groups is 1. The van der Waals surface area contributed by atoms with E-state index in [-0.39, 0.29) is 37.1 Å². The summed E-state index contributed by atoms with van der Waals surface area (Å²) in [5.41, 5.74) is 1.42. The van der Waals surface area contributed by atoms with Crippen LogP contribution in [0.3, 0.4) is 0 Å². The van der Waals surface area contributed by atoms with Gasteiger partial charge in [0.25, 0.3) is 0 Å². The minimum atomic E-state index is -1.19. The van der Waals surface area contributed by atoms with E-state index in [1.54, 1.807) is 24.1 Å². The lowest BCUT2D eigenvalue weighted by molar-refractivity contribution is -0.177. The third-order valence-corrected chi connectivity index (χ3v) is 6.47. The van der Waals surface area contributed by atoms with Crippen LogP contribution in [-0.2, 0) is 16.0 Å². The van der Waals surface area contributed by atoms with E-state index in [1.165, 1.54) is 22.0 Å². The number of rotatable bonds is 3. The van der Waals surface area contributed by atoms with E-state index in [0.717, 1.165) is 21.3 Å². The standard InChI is InChI=1S/C25H24N4O5/c1-26-15-23(31)28-21(13-16-9-11-18(30)12-10-16)24(32)27(14-22(28)29(26)25(33)34)20-8-4-6-17-5-2-3-7-19(17)20/h2-12,21-22,30H,13-15H2,1H3,(H,33,34). The number of carbonyl (C=O) groups is 3. The number of likely N-dealkylation sites (N-methyl/N-ethyl adjacent to an activating group) is 1. The maximum atomic E-state index is 13.9. The Labute approximate surface area is 196 Å². The third-order valence-electron chi connectivity index (χ3n) is 6.47. The van der Waals surface area contributed by atoms with Crippen molar-refractivity contribution in [1.82, 2.24) is 14.9 Å². The molecule has 2 aliphatic heterocycles. The predicted octanol–water partition coefficient (Wildman–Crippen LogP) is 2.50. The van der Waals surface area contributed by atoms with Gasteiger partial charge in [0.15, 0.2) is 0 Å². The van der Waals surface area contributed by atoms with Crippen molar-refractivity contribution < 1.29 is 24.6 Å². The molecule has 0 spiro atoms. The highest BCUT2D eigenvalue weighted by molar-refractivity contribution is 6.07. The van der Waals surface area contributed by atoms with Gasteiger partial charge < -0.3 is 20.0 Å². The van der Waals surface area contributed by atoms with E-state index in [1.807, 2.05) is 42.5 Å². The third kappa shape index (κ3) is 3.60. The summed E-state index contributed by atoms with van der Waals surface area (Å²) in [5.74, 6) is -0.481. The number of hydrogen-bond donors (Lipinski definition) is 2. The minimum absolute atomic E-state index is 0.0152. The topological polar surface area (TPSA) is 105 Å². The number of hydrogen-bond acceptors (Lipinski definition) is 5. The second kappa shape index (κ2) is 8.35. The van der Waals surface area contributed by atoms with Crippen LogP contribution in [0.4, 0.5) is 10.5 Å². The number of amides is 3. The summed E-state index contributed by atoms with van der Waals surface area (Å²) in [5, 5.41) is 23.9. The van der Waals surface area contributed by atoms with Crippen LogP contribution in [0.5, 0.6) is 5.75 Å². The zero-order chi connectivity index (χ0) is 24.0. The van der Waals surface area contributed by atoms with Gasteiger partial charge in [0, 0.05) is 18.9 Å². The molecule has 174 valence electrons. The summed E-state index contributed by atoms with van der Waals surface area (Å²) in [6.07, 6.45) is -1.87.